The average Bonchev–Trinajstić information content (AvgIpc) is 3.42. The molecule has 4 rings (SSSR count). The topological polar surface area (TPSA) is 90.5 Å². The number of carbonyl (C=O) groups excluding carboxylic acids is 1. The first-order chi connectivity index (χ1) is 14.2. The smallest absolute Gasteiger partial charge is 0.220 e. The lowest BCUT2D eigenvalue weighted by molar-refractivity contribution is -0.122. The first-order valence-electron chi connectivity index (χ1n) is 9.99. The molecule has 1 saturated carbocycles. The van der Waals surface area contributed by atoms with Gasteiger partial charge < -0.3 is 5.32 Å². The number of amides is 1. The second-order valence-electron chi connectivity index (χ2n) is 7.38. The molecule has 1 N–H and O–H groups in total. The number of nitrogens with zero attached hydrogens (tertiary/aromatic N) is 6. The van der Waals surface area contributed by atoms with Crippen LogP contribution < -0.4 is 5.32 Å². The van der Waals surface area contributed by atoms with Crippen LogP contribution in [0.4, 0.5) is 4.39 Å². The predicted molar refractivity (Wildman–Crippen MR) is 104 cm³/mol. The number of rotatable bonds is 7. The van der Waals surface area contributed by atoms with Crippen molar-refractivity contribution in [3.63, 3.8) is 0 Å². The molecule has 9 heteroatoms. The average molecular weight is 397 g/mol. The van der Waals surface area contributed by atoms with Crippen LogP contribution in [0.1, 0.15) is 44.6 Å². The lowest BCUT2D eigenvalue weighted by atomic mass is 9.91. The Morgan fingerprint density at radius 2 is 1.97 bits per heavy atom. The fourth-order valence-corrected chi connectivity index (χ4v) is 3.71. The highest BCUT2D eigenvalue weighted by Crippen LogP contribution is 2.27. The third kappa shape index (κ3) is 5.04. The zero-order chi connectivity index (χ0) is 20.1. The standard InChI is InChI=1S/C20H24FN7O/c21-16-6-4-15(5-7-16)20-24-26-28(25-20)14-1-3-19(29)23-17-8-10-18(11-9-17)27-13-2-12-22-27/h2,4-7,12-13,17-18H,1,3,8-11,14H2,(H,23,29). The van der Waals surface area contributed by atoms with Crippen LogP contribution in [0.25, 0.3) is 11.4 Å². The van der Waals surface area contributed by atoms with Gasteiger partial charge in [0.2, 0.25) is 11.7 Å². The Hall–Kier alpha value is -3.10. The first kappa shape index (κ1) is 19.2. The minimum atomic E-state index is -0.304. The highest BCUT2D eigenvalue weighted by Gasteiger charge is 2.23. The summed E-state index contributed by atoms with van der Waals surface area (Å²) in [5.74, 6) is 0.205. The second kappa shape index (κ2) is 8.93. The molecule has 0 atom stereocenters. The maximum absolute atomic E-state index is 13.0. The van der Waals surface area contributed by atoms with Crippen LogP contribution in [0.5, 0.6) is 0 Å². The number of carbonyl (C=O) groups is 1. The van der Waals surface area contributed by atoms with Gasteiger partial charge in [-0.3, -0.25) is 9.48 Å². The van der Waals surface area contributed by atoms with Gasteiger partial charge in [-0.2, -0.15) is 9.90 Å². The van der Waals surface area contributed by atoms with Crippen molar-refractivity contribution in [3.05, 3.63) is 48.5 Å². The van der Waals surface area contributed by atoms with Crippen molar-refractivity contribution in [1.29, 1.82) is 0 Å². The van der Waals surface area contributed by atoms with Crippen molar-refractivity contribution in [1.82, 2.24) is 35.3 Å². The molecule has 2 aromatic heterocycles. The van der Waals surface area contributed by atoms with E-state index in [1.165, 1.54) is 16.9 Å². The molecular weight excluding hydrogens is 373 g/mol. The second-order valence-corrected chi connectivity index (χ2v) is 7.38. The molecule has 1 aromatic carbocycles. The molecule has 1 amide bonds. The van der Waals surface area contributed by atoms with E-state index in [1.54, 1.807) is 18.3 Å². The van der Waals surface area contributed by atoms with Crippen molar-refractivity contribution in [2.24, 2.45) is 0 Å². The molecule has 29 heavy (non-hydrogen) atoms. The molecule has 152 valence electrons. The van der Waals surface area contributed by atoms with Crippen molar-refractivity contribution >= 4 is 5.91 Å². The Morgan fingerprint density at radius 3 is 2.69 bits per heavy atom. The molecule has 8 nitrogen and oxygen atoms in total. The largest absolute Gasteiger partial charge is 0.353 e. The SMILES string of the molecule is O=C(CCCn1nnc(-c2ccc(F)cc2)n1)NC1CCC(n2cccn2)CC1. The van der Waals surface area contributed by atoms with Gasteiger partial charge in [0.15, 0.2) is 0 Å². The number of hydrogen-bond donors (Lipinski definition) is 1. The molecule has 0 spiro atoms. The minimum Gasteiger partial charge on any atom is -0.353 e. The van der Waals surface area contributed by atoms with Crippen LogP contribution in [-0.4, -0.2) is 41.9 Å². The predicted octanol–water partition coefficient (Wildman–Crippen LogP) is 2.76. The van der Waals surface area contributed by atoms with Crippen LogP contribution in [0.3, 0.4) is 0 Å². The summed E-state index contributed by atoms with van der Waals surface area (Å²) in [6, 6.07) is 8.58. The molecule has 0 bridgehead atoms. The van der Waals surface area contributed by atoms with E-state index >= 15 is 0 Å². The Morgan fingerprint density at radius 1 is 1.17 bits per heavy atom. The number of benzene rings is 1. The molecule has 0 saturated heterocycles. The van der Waals surface area contributed by atoms with Crippen LogP contribution in [-0.2, 0) is 11.3 Å². The third-order valence-electron chi connectivity index (χ3n) is 5.28. The first-order valence-corrected chi connectivity index (χ1v) is 9.99. The quantitative estimate of drug-likeness (QED) is 0.662. The van der Waals surface area contributed by atoms with Crippen LogP contribution in [0, 0.1) is 5.82 Å². The Labute approximate surface area is 168 Å². The van der Waals surface area contributed by atoms with E-state index in [0.717, 1.165) is 25.7 Å². The Balaban J connectivity index is 1.17. The highest BCUT2D eigenvalue weighted by molar-refractivity contribution is 5.76. The molecule has 1 aliphatic carbocycles. The molecular formula is C20H24FN7O. The minimum absolute atomic E-state index is 0.0615. The fraction of sp³-hybridized carbons (Fsp3) is 0.450. The number of halogens is 1. The maximum atomic E-state index is 13.0. The maximum Gasteiger partial charge on any atom is 0.220 e. The Bertz CT molecular complexity index is 915. The molecule has 3 aromatic rings. The van der Waals surface area contributed by atoms with Gasteiger partial charge in [0.05, 0.1) is 12.6 Å². The van der Waals surface area contributed by atoms with Gasteiger partial charge in [-0.15, -0.1) is 10.2 Å². The van der Waals surface area contributed by atoms with Gasteiger partial charge in [-0.25, -0.2) is 4.39 Å². The van der Waals surface area contributed by atoms with E-state index in [0.29, 0.717) is 36.8 Å². The summed E-state index contributed by atoms with van der Waals surface area (Å²) < 4.78 is 15.0. The molecule has 0 unspecified atom stereocenters. The summed E-state index contributed by atoms with van der Waals surface area (Å²) >= 11 is 0. The monoisotopic (exact) mass is 397 g/mol. The van der Waals surface area contributed by atoms with E-state index in [1.807, 2.05) is 16.9 Å². The lowest BCUT2D eigenvalue weighted by Gasteiger charge is -2.29. The molecule has 1 fully saturated rings. The highest BCUT2D eigenvalue weighted by atomic mass is 19.1. The molecule has 1 aliphatic rings. The van der Waals surface area contributed by atoms with E-state index < -0.39 is 0 Å². The van der Waals surface area contributed by atoms with Gasteiger partial charge in [-0.05, 0) is 67.6 Å². The van der Waals surface area contributed by atoms with Gasteiger partial charge in [0.25, 0.3) is 0 Å². The van der Waals surface area contributed by atoms with Gasteiger partial charge >= 0.3 is 0 Å². The number of hydrogen-bond acceptors (Lipinski definition) is 5. The normalized spacial score (nSPS) is 19.2. The molecule has 0 aliphatic heterocycles. The molecule has 2 heterocycles. The summed E-state index contributed by atoms with van der Waals surface area (Å²) in [4.78, 5) is 13.7. The van der Waals surface area contributed by atoms with Gasteiger partial charge in [-0.1, -0.05) is 0 Å². The van der Waals surface area contributed by atoms with Gasteiger partial charge in [0, 0.05) is 30.4 Å². The summed E-state index contributed by atoms with van der Waals surface area (Å²) in [7, 11) is 0. The lowest BCUT2D eigenvalue weighted by Crippen LogP contribution is -2.38. The van der Waals surface area contributed by atoms with Crippen LogP contribution in [0.2, 0.25) is 0 Å². The zero-order valence-electron chi connectivity index (χ0n) is 16.1. The van der Waals surface area contributed by atoms with Crippen molar-refractivity contribution in [3.8, 4) is 11.4 Å². The number of tetrazole rings is 1. The molecule has 0 radical (unpaired) electrons. The number of aryl methyl sites for hydroxylation is 1. The number of nitrogens with one attached hydrogen (secondary N) is 1. The van der Waals surface area contributed by atoms with Crippen molar-refractivity contribution < 1.29 is 9.18 Å². The van der Waals surface area contributed by atoms with E-state index in [4.69, 9.17) is 0 Å². The van der Waals surface area contributed by atoms with Crippen LogP contribution in [0.15, 0.2) is 42.7 Å². The number of aromatic nitrogens is 6. The van der Waals surface area contributed by atoms with Crippen molar-refractivity contribution in [2.45, 2.75) is 57.2 Å². The van der Waals surface area contributed by atoms with E-state index in [2.05, 4.69) is 25.8 Å². The summed E-state index contributed by atoms with van der Waals surface area (Å²) in [5, 5.41) is 19.7. The van der Waals surface area contributed by atoms with E-state index in [-0.39, 0.29) is 17.8 Å². The Kier molecular flexibility index (Phi) is 5.92. The van der Waals surface area contributed by atoms with Gasteiger partial charge in [0.1, 0.15) is 5.82 Å². The van der Waals surface area contributed by atoms with Crippen molar-refractivity contribution in [2.75, 3.05) is 0 Å². The van der Waals surface area contributed by atoms with E-state index in [9.17, 15) is 9.18 Å². The van der Waals surface area contributed by atoms with Crippen LogP contribution >= 0.6 is 0 Å². The zero-order valence-corrected chi connectivity index (χ0v) is 16.1. The summed E-state index contributed by atoms with van der Waals surface area (Å²) in [5.41, 5.74) is 0.709. The fourth-order valence-electron chi connectivity index (χ4n) is 3.71. The summed E-state index contributed by atoms with van der Waals surface area (Å²) in [6.45, 7) is 0.508. The summed E-state index contributed by atoms with van der Waals surface area (Å²) in [6.07, 6.45) is 8.87. The third-order valence-corrected chi connectivity index (χ3v) is 5.28.